The van der Waals surface area contributed by atoms with E-state index in [9.17, 15) is 0 Å². The van der Waals surface area contributed by atoms with Gasteiger partial charge >= 0.3 is 0 Å². The van der Waals surface area contributed by atoms with Gasteiger partial charge in [-0.2, -0.15) is 0 Å². The highest BCUT2D eigenvalue weighted by Gasteiger charge is 2.14. The molecule has 1 saturated heterocycles. The largest absolute Gasteiger partial charge is 0.378 e. The number of ether oxygens (including phenoxy) is 1. The standard InChI is InChI=1S/C3H8N2O.ClH/c4-5-3-1-6-2-3;/h3,5H,1-2,4H2;1H. The number of halogens is 1. The van der Waals surface area contributed by atoms with Gasteiger partial charge in [0.05, 0.1) is 19.3 Å². The Kier molecular flexibility index (Phi) is 3.29. The first kappa shape index (κ1) is 7.17. The molecule has 0 saturated carbocycles. The monoisotopic (exact) mass is 124 g/mol. The Bertz CT molecular complexity index is 45.4. The topological polar surface area (TPSA) is 47.3 Å². The van der Waals surface area contributed by atoms with E-state index in [1.165, 1.54) is 0 Å². The molecule has 1 aliphatic heterocycles. The molecule has 44 valence electrons. The second kappa shape index (κ2) is 3.21. The van der Waals surface area contributed by atoms with Gasteiger partial charge in [0.1, 0.15) is 0 Å². The quantitative estimate of drug-likeness (QED) is 0.358. The lowest BCUT2D eigenvalue weighted by molar-refractivity contribution is -0.00491. The van der Waals surface area contributed by atoms with Crippen LogP contribution in [-0.4, -0.2) is 19.3 Å². The van der Waals surface area contributed by atoms with E-state index >= 15 is 0 Å². The normalized spacial score (nSPS) is 20.1. The predicted molar refractivity (Wildman–Crippen MR) is 29.2 cm³/mol. The van der Waals surface area contributed by atoms with Crippen LogP contribution in [0.2, 0.25) is 0 Å². The van der Waals surface area contributed by atoms with Crippen LogP contribution in [0.4, 0.5) is 0 Å². The lowest BCUT2D eigenvalue weighted by Gasteiger charge is -2.24. The van der Waals surface area contributed by atoms with Gasteiger partial charge in [-0.1, -0.05) is 0 Å². The molecule has 0 aromatic heterocycles. The molecular formula is C3H9ClN2O. The second-order valence-corrected chi connectivity index (χ2v) is 1.40. The molecule has 0 aromatic rings. The predicted octanol–water partition coefficient (Wildman–Crippen LogP) is -0.730. The van der Waals surface area contributed by atoms with E-state index in [1.54, 1.807) is 0 Å². The molecule has 1 fully saturated rings. The summed E-state index contributed by atoms with van der Waals surface area (Å²) in [5, 5.41) is 0. The van der Waals surface area contributed by atoms with Crippen molar-refractivity contribution < 1.29 is 4.74 Å². The third kappa shape index (κ3) is 1.61. The Morgan fingerprint density at radius 2 is 2.14 bits per heavy atom. The molecule has 1 rings (SSSR count). The number of rotatable bonds is 1. The van der Waals surface area contributed by atoms with Gasteiger partial charge in [0.2, 0.25) is 0 Å². The fourth-order valence-electron chi connectivity index (χ4n) is 0.332. The first-order valence-electron chi connectivity index (χ1n) is 1.97. The van der Waals surface area contributed by atoms with Crippen LogP contribution < -0.4 is 11.3 Å². The van der Waals surface area contributed by atoms with Gasteiger partial charge in [-0.3, -0.25) is 11.3 Å². The fraction of sp³-hybridized carbons (Fsp3) is 1.00. The summed E-state index contributed by atoms with van der Waals surface area (Å²) in [7, 11) is 0. The van der Waals surface area contributed by atoms with Crippen LogP contribution in [0, 0.1) is 0 Å². The second-order valence-electron chi connectivity index (χ2n) is 1.40. The zero-order valence-corrected chi connectivity index (χ0v) is 4.70. The van der Waals surface area contributed by atoms with Gasteiger partial charge in [-0.15, -0.1) is 12.4 Å². The minimum Gasteiger partial charge on any atom is -0.378 e. The Balaban J connectivity index is 0.000000360. The smallest absolute Gasteiger partial charge is 0.0678 e. The molecule has 0 aliphatic carbocycles. The molecular weight excluding hydrogens is 115 g/mol. The minimum absolute atomic E-state index is 0. The maximum Gasteiger partial charge on any atom is 0.0678 e. The van der Waals surface area contributed by atoms with Gasteiger partial charge < -0.3 is 4.74 Å². The van der Waals surface area contributed by atoms with E-state index < -0.39 is 0 Å². The minimum atomic E-state index is 0. The van der Waals surface area contributed by atoms with Crippen molar-refractivity contribution in [3.63, 3.8) is 0 Å². The summed E-state index contributed by atoms with van der Waals surface area (Å²) in [5.41, 5.74) is 2.58. The zero-order chi connectivity index (χ0) is 4.41. The van der Waals surface area contributed by atoms with E-state index in [2.05, 4.69) is 5.43 Å². The van der Waals surface area contributed by atoms with Crippen molar-refractivity contribution in [1.82, 2.24) is 5.43 Å². The fourth-order valence-corrected chi connectivity index (χ4v) is 0.332. The molecule has 4 heteroatoms. The van der Waals surface area contributed by atoms with Crippen LogP contribution in [0.25, 0.3) is 0 Å². The van der Waals surface area contributed by atoms with E-state index in [0.29, 0.717) is 6.04 Å². The van der Waals surface area contributed by atoms with Crippen molar-refractivity contribution in [2.24, 2.45) is 5.84 Å². The molecule has 0 aromatic carbocycles. The first-order chi connectivity index (χ1) is 2.93. The highest BCUT2D eigenvalue weighted by Crippen LogP contribution is 1.95. The summed E-state index contributed by atoms with van der Waals surface area (Å²) >= 11 is 0. The van der Waals surface area contributed by atoms with E-state index in [0.717, 1.165) is 13.2 Å². The van der Waals surface area contributed by atoms with Crippen molar-refractivity contribution in [2.75, 3.05) is 13.2 Å². The molecule has 3 nitrogen and oxygen atoms in total. The Labute approximate surface area is 48.6 Å². The van der Waals surface area contributed by atoms with Crippen LogP contribution in [-0.2, 0) is 4.74 Å². The summed E-state index contributed by atoms with van der Waals surface area (Å²) in [5.74, 6) is 5.00. The molecule has 1 aliphatic rings. The van der Waals surface area contributed by atoms with Crippen LogP contribution in [0.5, 0.6) is 0 Å². The molecule has 0 amide bonds. The van der Waals surface area contributed by atoms with E-state index in [4.69, 9.17) is 10.6 Å². The van der Waals surface area contributed by atoms with Crippen molar-refractivity contribution in [3.8, 4) is 0 Å². The maximum atomic E-state index is 5.00. The van der Waals surface area contributed by atoms with E-state index in [-0.39, 0.29) is 12.4 Å². The average molecular weight is 125 g/mol. The van der Waals surface area contributed by atoms with Gasteiger partial charge in [0.15, 0.2) is 0 Å². The molecule has 0 radical (unpaired) electrons. The number of nitrogens with two attached hydrogens (primary N) is 1. The summed E-state index contributed by atoms with van der Waals surface area (Å²) in [6.45, 7) is 1.55. The van der Waals surface area contributed by atoms with E-state index in [1.807, 2.05) is 0 Å². The van der Waals surface area contributed by atoms with Crippen molar-refractivity contribution in [3.05, 3.63) is 0 Å². The molecule has 1 heterocycles. The van der Waals surface area contributed by atoms with Crippen molar-refractivity contribution in [2.45, 2.75) is 6.04 Å². The van der Waals surface area contributed by atoms with Crippen molar-refractivity contribution >= 4 is 12.4 Å². The van der Waals surface area contributed by atoms with Crippen LogP contribution in [0.1, 0.15) is 0 Å². The Hall–Kier alpha value is 0.170. The lowest BCUT2D eigenvalue weighted by atomic mass is 10.3. The van der Waals surface area contributed by atoms with Gasteiger partial charge in [-0.05, 0) is 0 Å². The highest BCUT2D eigenvalue weighted by atomic mass is 35.5. The summed E-state index contributed by atoms with van der Waals surface area (Å²) in [6.07, 6.45) is 0. The third-order valence-corrected chi connectivity index (χ3v) is 0.874. The van der Waals surface area contributed by atoms with Gasteiger partial charge in [0.25, 0.3) is 0 Å². The number of hydrogen-bond donors (Lipinski definition) is 2. The van der Waals surface area contributed by atoms with Gasteiger partial charge in [0, 0.05) is 0 Å². The first-order valence-corrected chi connectivity index (χ1v) is 1.97. The molecule has 0 atom stereocenters. The Morgan fingerprint density at radius 1 is 1.57 bits per heavy atom. The highest BCUT2D eigenvalue weighted by molar-refractivity contribution is 5.85. The molecule has 3 N–H and O–H groups in total. The summed E-state index contributed by atoms with van der Waals surface area (Å²) in [6, 6.07) is 0.421. The van der Waals surface area contributed by atoms with Gasteiger partial charge in [-0.25, -0.2) is 0 Å². The van der Waals surface area contributed by atoms with Crippen LogP contribution in [0.15, 0.2) is 0 Å². The third-order valence-electron chi connectivity index (χ3n) is 0.874. The number of hydrazine groups is 1. The SMILES string of the molecule is Cl.NNC1COC1. The lowest BCUT2D eigenvalue weighted by Crippen LogP contribution is -2.49. The number of hydrogen-bond acceptors (Lipinski definition) is 3. The molecule has 7 heavy (non-hydrogen) atoms. The summed E-state index contributed by atoms with van der Waals surface area (Å²) in [4.78, 5) is 0. The summed E-state index contributed by atoms with van der Waals surface area (Å²) < 4.78 is 4.78. The van der Waals surface area contributed by atoms with Crippen LogP contribution >= 0.6 is 12.4 Å². The maximum absolute atomic E-state index is 5.00. The molecule has 0 unspecified atom stereocenters. The molecule has 0 bridgehead atoms. The number of nitrogens with one attached hydrogen (secondary N) is 1. The average Bonchev–Trinajstić information content (AvgIpc) is 1.31. The van der Waals surface area contributed by atoms with Crippen molar-refractivity contribution in [1.29, 1.82) is 0 Å². The Morgan fingerprint density at radius 3 is 2.14 bits per heavy atom. The zero-order valence-electron chi connectivity index (χ0n) is 3.89. The van der Waals surface area contributed by atoms with Crippen LogP contribution in [0.3, 0.4) is 0 Å². The molecule has 0 spiro atoms.